The van der Waals surface area contributed by atoms with Crippen LogP contribution in [0.2, 0.25) is 0 Å². The van der Waals surface area contributed by atoms with Crippen molar-refractivity contribution in [3.8, 4) is 44.5 Å². The Morgan fingerprint density at radius 3 is 0.798 bits per heavy atom. The average Bonchev–Trinajstić information content (AvgIpc) is 3.77. The first-order chi connectivity index (χ1) is 41.6. The number of nitrogens with zero attached hydrogens (tertiary/aromatic N) is 2. The number of fused-ring (bicyclic) bond motifs is 18. The maximum atomic E-state index is 6.43. The van der Waals surface area contributed by atoms with E-state index in [0.29, 0.717) is 13.2 Å². The molecule has 0 unspecified atom stereocenters. The zero-order chi connectivity index (χ0) is 54.8. The van der Waals surface area contributed by atoms with E-state index in [2.05, 4.69) is 252 Å². The summed E-state index contributed by atoms with van der Waals surface area (Å²) in [5, 5.41) is 15.7. The maximum absolute atomic E-state index is 6.43. The number of hydrogen-bond donors (Lipinski definition) is 0. The fourth-order valence-electron chi connectivity index (χ4n) is 14.4. The van der Waals surface area contributed by atoms with Crippen LogP contribution in [0.25, 0.3) is 169 Å². The van der Waals surface area contributed by atoms with Crippen LogP contribution >= 0.6 is 45.3 Å². The number of ether oxygens (including phenoxy) is 1. The summed E-state index contributed by atoms with van der Waals surface area (Å²) in [6.45, 7) is 2.96. The average molecular weight is 1150 g/mol. The van der Waals surface area contributed by atoms with Crippen LogP contribution in [0.15, 0.2) is 243 Å². The van der Waals surface area contributed by atoms with Gasteiger partial charge in [-0.05, 0) is 117 Å². The quantitative estimate of drug-likeness (QED) is 0.148. The molecule has 0 atom stereocenters. The third-order valence-corrected chi connectivity index (χ3v) is 23.3. The molecule has 84 heavy (non-hydrogen) atoms. The second-order valence-electron chi connectivity index (χ2n) is 23.2. The zero-order valence-corrected chi connectivity index (χ0v) is 48.6. The number of thiophene rings is 4. The first-order valence-corrected chi connectivity index (χ1v) is 32.2. The molecule has 6 aromatic heterocycles. The van der Waals surface area contributed by atoms with E-state index in [4.69, 9.17) is 4.74 Å². The highest BCUT2D eigenvalue weighted by atomic mass is 32.1. The predicted molar refractivity (Wildman–Crippen MR) is 365 cm³/mol. The SMILES string of the molecule is c1ccc2c(c1)sc1c(-c3ccc4c(c3)c3cc(-c5cccc6c5sc5ccccc56)ccc3n4CC3(Cn4c5ccc(-c6cccc7c6sc6ccccc67)cc5c5cc(-c6cccc7c6sc6ccccc67)ccc54)COC3)cccc12. The molecule has 396 valence electrons. The summed E-state index contributed by atoms with van der Waals surface area (Å²) >= 11 is 7.61. The molecule has 0 aliphatic carbocycles. The molecular weight excluding hydrogens is 1100 g/mol. The van der Waals surface area contributed by atoms with Crippen molar-refractivity contribution < 1.29 is 4.74 Å². The van der Waals surface area contributed by atoms with Crippen LogP contribution in [0.1, 0.15) is 0 Å². The number of rotatable bonds is 8. The van der Waals surface area contributed by atoms with Crippen molar-refractivity contribution in [3.05, 3.63) is 243 Å². The second-order valence-corrected chi connectivity index (χ2v) is 27.4. The molecule has 1 saturated heterocycles. The van der Waals surface area contributed by atoms with Gasteiger partial charge in [0.2, 0.25) is 0 Å². The summed E-state index contributed by atoms with van der Waals surface area (Å²) in [5.74, 6) is 0. The molecular formula is C77H48N2OS4. The van der Waals surface area contributed by atoms with Gasteiger partial charge >= 0.3 is 0 Å². The van der Waals surface area contributed by atoms with Gasteiger partial charge in [0, 0.05) is 137 Å². The molecule has 0 bridgehead atoms. The lowest BCUT2D eigenvalue weighted by Crippen LogP contribution is -2.48. The number of aromatic nitrogens is 2. The Hall–Kier alpha value is -8.92. The van der Waals surface area contributed by atoms with Crippen molar-refractivity contribution in [2.45, 2.75) is 13.1 Å². The third kappa shape index (κ3) is 6.99. The van der Waals surface area contributed by atoms with E-state index in [1.807, 2.05) is 45.3 Å². The fraction of sp³-hybridized carbons (Fsp3) is 0.0649. The summed E-state index contributed by atoms with van der Waals surface area (Å²) in [7, 11) is 0. The summed E-state index contributed by atoms with van der Waals surface area (Å²) in [4.78, 5) is 0. The van der Waals surface area contributed by atoms with E-state index in [-0.39, 0.29) is 5.41 Å². The molecule has 19 rings (SSSR count). The van der Waals surface area contributed by atoms with Crippen molar-refractivity contribution in [2.75, 3.05) is 13.2 Å². The smallest absolute Gasteiger partial charge is 0.0579 e. The van der Waals surface area contributed by atoms with E-state index >= 15 is 0 Å². The fourth-order valence-corrected chi connectivity index (χ4v) is 19.4. The van der Waals surface area contributed by atoms with Crippen LogP contribution in [0.3, 0.4) is 0 Å². The molecule has 18 aromatic rings. The Kier molecular flexibility index (Phi) is 10.2. The molecule has 0 N–H and O–H groups in total. The normalized spacial score (nSPS) is 13.8. The van der Waals surface area contributed by atoms with Crippen molar-refractivity contribution >= 4 is 170 Å². The standard InChI is InChI=1S/C77H48N2OS4/c1-5-25-69-53(13-1)57-21-9-17-49(73(57)81-69)45-29-33-65-61(37-45)62-38-46(50-18-10-22-58-54-14-2-6-26-70(54)82-74(50)58)30-34-66(62)78(65)41-77(43-80-44-77)42-79-67-35-31-47(51-19-11-23-59-55-15-3-7-27-71(55)83-75(51)59)39-63(67)64-40-48(32-36-68(64)79)52-20-12-24-60-56-16-4-8-28-72(56)84-76(52)60/h1-40H,41-44H2. The van der Waals surface area contributed by atoms with Gasteiger partial charge in [-0.15, -0.1) is 45.3 Å². The van der Waals surface area contributed by atoms with E-state index in [9.17, 15) is 0 Å². The minimum absolute atomic E-state index is 0.191. The monoisotopic (exact) mass is 1140 g/mol. The third-order valence-electron chi connectivity index (χ3n) is 18.4. The Bertz CT molecular complexity index is 5120. The number of benzene rings is 12. The van der Waals surface area contributed by atoms with E-state index in [0.717, 1.165) is 13.1 Å². The molecule has 1 fully saturated rings. The van der Waals surface area contributed by atoms with Gasteiger partial charge in [0.1, 0.15) is 0 Å². The molecule has 3 nitrogen and oxygen atoms in total. The van der Waals surface area contributed by atoms with Gasteiger partial charge < -0.3 is 13.9 Å². The van der Waals surface area contributed by atoms with E-state index < -0.39 is 0 Å². The molecule has 12 aromatic carbocycles. The number of hydrogen-bond acceptors (Lipinski definition) is 5. The Labute approximate surface area is 498 Å². The highest BCUT2D eigenvalue weighted by molar-refractivity contribution is 7.27. The minimum atomic E-state index is -0.191. The summed E-state index contributed by atoms with van der Waals surface area (Å²) in [5.41, 5.74) is 14.9. The highest BCUT2D eigenvalue weighted by Crippen LogP contribution is 2.49. The van der Waals surface area contributed by atoms with Gasteiger partial charge in [-0.2, -0.15) is 0 Å². The first-order valence-electron chi connectivity index (χ1n) is 28.9. The summed E-state index contributed by atoms with van der Waals surface area (Å²) < 4.78 is 22.4. The molecule has 1 aliphatic rings. The molecule has 0 amide bonds. The molecule has 0 spiro atoms. The predicted octanol–water partition coefficient (Wildman–Crippen LogP) is 22.8. The van der Waals surface area contributed by atoms with Gasteiger partial charge in [0.05, 0.1) is 18.6 Å². The van der Waals surface area contributed by atoms with E-state index in [1.54, 1.807) is 0 Å². The molecule has 7 heterocycles. The topological polar surface area (TPSA) is 19.1 Å². The van der Waals surface area contributed by atoms with Crippen molar-refractivity contribution in [2.24, 2.45) is 5.41 Å². The Balaban J connectivity index is 0.787. The van der Waals surface area contributed by atoms with Crippen molar-refractivity contribution in [3.63, 3.8) is 0 Å². The van der Waals surface area contributed by atoms with Crippen LogP contribution in [0.4, 0.5) is 0 Å². The lowest BCUT2D eigenvalue weighted by atomic mass is 9.85. The van der Waals surface area contributed by atoms with Crippen LogP contribution in [-0.4, -0.2) is 22.3 Å². The van der Waals surface area contributed by atoms with Gasteiger partial charge in [-0.25, -0.2) is 0 Å². The second kappa shape index (κ2) is 18.0. The molecule has 0 saturated carbocycles. The zero-order valence-electron chi connectivity index (χ0n) is 45.4. The van der Waals surface area contributed by atoms with Gasteiger partial charge in [-0.3, -0.25) is 0 Å². The molecule has 7 heteroatoms. The Morgan fingerprint density at radius 1 is 0.274 bits per heavy atom. The highest BCUT2D eigenvalue weighted by Gasteiger charge is 2.41. The van der Waals surface area contributed by atoms with Crippen LogP contribution in [-0.2, 0) is 17.8 Å². The first kappa shape index (κ1) is 47.6. The van der Waals surface area contributed by atoms with Crippen LogP contribution < -0.4 is 0 Å². The maximum Gasteiger partial charge on any atom is 0.0579 e. The van der Waals surface area contributed by atoms with Crippen LogP contribution in [0, 0.1) is 5.41 Å². The lowest BCUT2D eigenvalue weighted by molar-refractivity contribution is -0.128. The van der Waals surface area contributed by atoms with Gasteiger partial charge in [-0.1, -0.05) is 170 Å². The summed E-state index contributed by atoms with van der Waals surface area (Å²) in [6.07, 6.45) is 0. The van der Waals surface area contributed by atoms with Gasteiger partial charge in [0.15, 0.2) is 0 Å². The van der Waals surface area contributed by atoms with Gasteiger partial charge in [0.25, 0.3) is 0 Å². The minimum Gasteiger partial charge on any atom is -0.380 e. The largest absolute Gasteiger partial charge is 0.380 e. The van der Waals surface area contributed by atoms with Crippen molar-refractivity contribution in [1.82, 2.24) is 9.13 Å². The Morgan fingerprint density at radius 2 is 0.536 bits per heavy atom. The molecule has 1 aliphatic heterocycles. The molecule has 0 radical (unpaired) electrons. The van der Waals surface area contributed by atoms with Crippen molar-refractivity contribution in [1.29, 1.82) is 0 Å². The lowest BCUT2D eigenvalue weighted by Gasteiger charge is -2.42. The van der Waals surface area contributed by atoms with E-state index in [1.165, 1.54) is 169 Å². The van der Waals surface area contributed by atoms with Crippen LogP contribution in [0.5, 0.6) is 0 Å². The summed E-state index contributed by atoms with van der Waals surface area (Å²) in [6, 6.07) is 91.9.